The van der Waals surface area contributed by atoms with Gasteiger partial charge >= 0.3 is 0 Å². The van der Waals surface area contributed by atoms with Crippen LogP contribution >= 0.6 is 11.6 Å². The summed E-state index contributed by atoms with van der Waals surface area (Å²) >= 11 is 5.99. The SMILES string of the molecule is CC1CC(NC(=O)Cc2ccc([N+](=O)[O-])cc2Cl)CCN1. The molecule has 0 spiro atoms. The third-order valence-corrected chi connectivity index (χ3v) is 3.94. The Bertz CT molecular complexity index is 550. The highest BCUT2D eigenvalue weighted by atomic mass is 35.5. The van der Waals surface area contributed by atoms with Crippen LogP contribution < -0.4 is 10.6 Å². The Labute approximate surface area is 128 Å². The zero-order chi connectivity index (χ0) is 15.4. The third-order valence-electron chi connectivity index (χ3n) is 3.59. The molecule has 21 heavy (non-hydrogen) atoms. The fourth-order valence-corrected chi connectivity index (χ4v) is 2.75. The first-order valence-electron chi connectivity index (χ1n) is 6.91. The van der Waals surface area contributed by atoms with Crippen molar-refractivity contribution >= 4 is 23.2 Å². The molecule has 1 aliphatic heterocycles. The largest absolute Gasteiger partial charge is 0.353 e. The third kappa shape index (κ3) is 4.41. The lowest BCUT2D eigenvalue weighted by atomic mass is 10.0. The zero-order valence-corrected chi connectivity index (χ0v) is 12.5. The highest BCUT2D eigenvalue weighted by molar-refractivity contribution is 6.31. The Kier molecular flexibility index (Phi) is 5.14. The normalized spacial score (nSPS) is 21.8. The monoisotopic (exact) mass is 311 g/mol. The summed E-state index contributed by atoms with van der Waals surface area (Å²) in [5, 5.41) is 17.2. The number of nitrogens with one attached hydrogen (secondary N) is 2. The summed E-state index contributed by atoms with van der Waals surface area (Å²) in [7, 11) is 0. The number of nitro groups is 1. The van der Waals surface area contributed by atoms with Gasteiger partial charge in [0.05, 0.1) is 16.4 Å². The van der Waals surface area contributed by atoms with Crippen molar-refractivity contribution in [2.75, 3.05) is 6.54 Å². The van der Waals surface area contributed by atoms with Crippen LogP contribution in [-0.4, -0.2) is 29.5 Å². The number of amides is 1. The maximum Gasteiger partial charge on any atom is 0.270 e. The fraction of sp³-hybridized carbons (Fsp3) is 0.500. The van der Waals surface area contributed by atoms with Crippen LogP contribution in [0.2, 0.25) is 5.02 Å². The summed E-state index contributed by atoms with van der Waals surface area (Å²) < 4.78 is 0. The van der Waals surface area contributed by atoms with Crippen molar-refractivity contribution in [1.29, 1.82) is 0 Å². The Morgan fingerprint density at radius 2 is 2.33 bits per heavy atom. The molecule has 0 radical (unpaired) electrons. The van der Waals surface area contributed by atoms with Crippen LogP contribution in [0.3, 0.4) is 0 Å². The second-order valence-corrected chi connectivity index (χ2v) is 5.76. The van der Waals surface area contributed by atoms with Gasteiger partial charge in [-0.2, -0.15) is 0 Å². The van der Waals surface area contributed by atoms with Gasteiger partial charge in [-0.1, -0.05) is 17.7 Å². The van der Waals surface area contributed by atoms with Gasteiger partial charge in [-0.3, -0.25) is 14.9 Å². The first kappa shape index (κ1) is 15.7. The van der Waals surface area contributed by atoms with E-state index < -0.39 is 4.92 Å². The van der Waals surface area contributed by atoms with E-state index in [-0.39, 0.29) is 29.1 Å². The van der Waals surface area contributed by atoms with Crippen LogP contribution in [0, 0.1) is 10.1 Å². The maximum atomic E-state index is 12.0. The molecule has 0 aliphatic carbocycles. The van der Waals surface area contributed by atoms with E-state index in [1.807, 2.05) is 0 Å². The van der Waals surface area contributed by atoms with E-state index in [2.05, 4.69) is 17.6 Å². The molecule has 114 valence electrons. The smallest absolute Gasteiger partial charge is 0.270 e. The lowest BCUT2D eigenvalue weighted by Gasteiger charge is -2.28. The molecule has 1 aromatic carbocycles. The summed E-state index contributed by atoms with van der Waals surface area (Å²) in [5.41, 5.74) is 0.526. The topological polar surface area (TPSA) is 84.3 Å². The number of non-ortho nitro benzene ring substituents is 1. The summed E-state index contributed by atoms with van der Waals surface area (Å²) in [6.07, 6.45) is 1.94. The molecular formula is C14H18ClN3O3. The zero-order valence-electron chi connectivity index (χ0n) is 11.8. The van der Waals surface area contributed by atoms with Crippen LogP contribution in [0.25, 0.3) is 0 Å². The molecule has 1 saturated heterocycles. The number of hydrogen-bond donors (Lipinski definition) is 2. The molecule has 1 aliphatic rings. The van der Waals surface area contributed by atoms with Crippen LogP contribution in [0.1, 0.15) is 25.3 Å². The van der Waals surface area contributed by atoms with Crippen LogP contribution in [0.15, 0.2) is 18.2 Å². The number of carbonyl (C=O) groups excluding carboxylic acids is 1. The van der Waals surface area contributed by atoms with Crippen LogP contribution in [0.4, 0.5) is 5.69 Å². The standard InChI is InChI=1S/C14H18ClN3O3/c1-9-6-11(4-5-16-9)17-14(19)7-10-2-3-12(18(20)21)8-13(10)15/h2-3,8-9,11,16H,4-7H2,1H3,(H,17,19). The Hall–Kier alpha value is -1.66. The number of benzene rings is 1. The number of halogens is 1. The average molecular weight is 312 g/mol. The molecule has 6 nitrogen and oxygen atoms in total. The van der Waals surface area contributed by atoms with Crippen molar-refractivity contribution in [3.63, 3.8) is 0 Å². The van der Waals surface area contributed by atoms with E-state index in [4.69, 9.17) is 11.6 Å². The van der Waals surface area contributed by atoms with Gasteiger partial charge in [-0.15, -0.1) is 0 Å². The predicted molar refractivity (Wildman–Crippen MR) is 80.4 cm³/mol. The fourth-order valence-electron chi connectivity index (χ4n) is 2.51. The Morgan fingerprint density at radius 1 is 1.57 bits per heavy atom. The second-order valence-electron chi connectivity index (χ2n) is 5.35. The van der Waals surface area contributed by atoms with Crippen molar-refractivity contribution in [3.05, 3.63) is 38.9 Å². The molecule has 2 unspecified atom stereocenters. The molecule has 0 saturated carbocycles. The van der Waals surface area contributed by atoms with Gasteiger partial charge in [0.2, 0.25) is 5.91 Å². The molecule has 1 heterocycles. The molecule has 1 amide bonds. The van der Waals surface area contributed by atoms with Gasteiger partial charge < -0.3 is 10.6 Å². The van der Waals surface area contributed by atoms with Crippen molar-refractivity contribution in [2.45, 2.75) is 38.3 Å². The van der Waals surface area contributed by atoms with Crippen molar-refractivity contribution in [3.8, 4) is 0 Å². The average Bonchev–Trinajstić information content (AvgIpc) is 2.40. The number of piperidine rings is 1. The van der Waals surface area contributed by atoms with Crippen molar-refractivity contribution < 1.29 is 9.72 Å². The lowest BCUT2D eigenvalue weighted by molar-refractivity contribution is -0.384. The summed E-state index contributed by atoms with van der Waals surface area (Å²) in [5.74, 6) is -0.107. The van der Waals surface area contributed by atoms with E-state index in [1.54, 1.807) is 0 Å². The lowest BCUT2D eigenvalue weighted by Crippen LogP contribution is -2.46. The van der Waals surface area contributed by atoms with E-state index in [0.29, 0.717) is 11.6 Å². The number of carbonyl (C=O) groups is 1. The summed E-state index contributed by atoms with van der Waals surface area (Å²) in [6, 6.07) is 4.74. The number of rotatable bonds is 4. The maximum absolute atomic E-state index is 12.0. The molecule has 2 atom stereocenters. The summed E-state index contributed by atoms with van der Waals surface area (Å²) in [6.45, 7) is 2.98. The Balaban J connectivity index is 1.94. The van der Waals surface area contributed by atoms with Crippen LogP contribution in [-0.2, 0) is 11.2 Å². The van der Waals surface area contributed by atoms with Gasteiger partial charge in [0, 0.05) is 24.2 Å². The molecule has 0 aromatic heterocycles. The molecule has 1 fully saturated rings. The van der Waals surface area contributed by atoms with Gasteiger partial charge in [0.25, 0.3) is 5.69 Å². The minimum Gasteiger partial charge on any atom is -0.353 e. The van der Waals surface area contributed by atoms with Crippen molar-refractivity contribution in [1.82, 2.24) is 10.6 Å². The molecule has 1 aromatic rings. The van der Waals surface area contributed by atoms with Gasteiger partial charge in [-0.05, 0) is 31.9 Å². The number of hydrogen-bond acceptors (Lipinski definition) is 4. The first-order valence-corrected chi connectivity index (χ1v) is 7.29. The summed E-state index contributed by atoms with van der Waals surface area (Å²) in [4.78, 5) is 22.2. The van der Waals surface area contributed by atoms with Crippen molar-refractivity contribution in [2.24, 2.45) is 0 Å². The second kappa shape index (κ2) is 6.87. The number of nitro benzene ring substituents is 1. The highest BCUT2D eigenvalue weighted by Crippen LogP contribution is 2.23. The Morgan fingerprint density at radius 3 is 2.95 bits per heavy atom. The molecule has 7 heteroatoms. The minimum absolute atomic E-state index is 0.0728. The molecule has 2 N–H and O–H groups in total. The number of nitrogens with zero attached hydrogens (tertiary/aromatic N) is 1. The van der Waals surface area contributed by atoms with E-state index in [9.17, 15) is 14.9 Å². The molecule has 0 bridgehead atoms. The van der Waals surface area contributed by atoms with E-state index >= 15 is 0 Å². The van der Waals surface area contributed by atoms with E-state index in [0.717, 1.165) is 19.4 Å². The van der Waals surface area contributed by atoms with Crippen LogP contribution in [0.5, 0.6) is 0 Å². The molecular weight excluding hydrogens is 294 g/mol. The highest BCUT2D eigenvalue weighted by Gasteiger charge is 2.20. The first-order chi connectivity index (χ1) is 9.95. The molecule has 2 rings (SSSR count). The predicted octanol–water partition coefficient (Wildman–Crippen LogP) is 2.05. The minimum atomic E-state index is -0.508. The van der Waals surface area contributed by atoms with E-state index in [1.165, 1.54) is 18.2 Å². The van der Waals surface area contributed by atoms with Gasteiger partial charge in [0.15, 0.2) is 0 Å². The van der Waals surface area contributed by atoms with Gasteiger partial charge in [0.1, 0.15) is 0 Å². The van der Waals surface area contributed by atoms with Gasteiger partial charge in [-0.25, -0.2) is 0 Å². The quantitative estimate of drug-likeness (QED) is 0.658.